The lowest BCUT2D eigenvalue weighted by Crippen LogP contribution is -2.33. The molecule has 1 fully saturated rings. The van der Waals surface area contributed by atoms with Gasteiger partial charge in [-0.05, 0) is 60.9 Å². The summed E-state index contributed by atoms with van der Waals surface area (Å²) in [6.45, 7) is 6.85. The molecule has 0 radical (unpaired) electrons. The normalized spacial score (nSPS) is 19.7. The van der Waals surface area contributed by atoms with E-state index >= 15 is 0 Å². The van der Waals surface area contributed by atoms with Crippen LogP contribution in [0, 0.1) is 0 Å². The molecule has 3 nitrogen and oxygen atoms in total. The molecule has 0 saturated carbocycles. The van der Waals surface area contributed by atoms with Gasteiger partial charge in [0.15, 0.2) is 4.67 Å². The summed E-state index contributed by atoms with van der Waals surface area (Å²) in [5, 5.41) is 3.52. The molecule has 4 heteroatoms. The highest BCUT2D eigenvalue weighted by Crippen LogP contribution is 2.19. The summed E-state index contributed by atoms with van der Waals surface area (Å²) in [6.07, 6.45) is 5.53. The molecular weight excluding hydrogens is 292 g/mol. The van der Waals surface area contributed by atoms with Crippen LogP contribution in [0.5, 0.6) is 0 Å². The van der Waals surface area contributed by atoms with Crippen molar-refractivity contribution in [3.63, 3.8) is 0 Å². The summed E-state index contributed by atoms with van der Waals surface area (Å²) < 4.78 is 6.35. The first kappa shape index (κ1) is 14.1. The first-order valence-electron chi connectivity index (χ1n) is 6.96. The Labute approximate surface area is 118 Å². The SMILES string of the molecule is CC(NCCN1CCCCCC1)c1ccc(Br)o1. The van der Waals surface area contributed by atoms with Crippen LogP contribution >= 0.6 is 15.9 Å². The van der Waals surface area contributed by atoms with Gasteiger partial charge in [-0.15, -0.1) is 0 Å². The van der Waals surface area contributed by atoms with E-state index in [2.05, 4.69) is 33.1 Å². The van der Waals surface area contributed by atoms with Crippen LogP contribution in [0.2, 0.25) is 0 Å². The zero-order valence-electron chi connectivity index (χ0n) is 11.1. The molecule has 1 aliphatic heterocycles. The summed E-state index contributed by atoms with van der Waals surface area (Å²) in [7, 11) is 0. The lowest BCUT2D eigenvalue weighted by Gasteiger charge is -2.21. The van der Waals surface area contributed by atoms with Crippen LogP contribution in [-0.4, -0.2) is 31.1 Å². The summed E-state index contributed by atoms with van der Waals surface area (Å²) in [6, 6.07) is 4.25. The fourth-order valence-corrected chi connectivity index (χ4v) is 2.78. The maximum Gasteiger partial charge on any atom is 0.169 e. The first-order chi connectivity index (χ1) is 8.75. The van der Waals surface area contributed by atoms with Crippen molar-refractivity contribution in [1.29, 1.82) is 0 Å². The van der Waals surface area contributed by atoms with Gasteiger partial charge in [-0.1, -0.05) is 12.8 Å². The van der Waals surface area contributed by atoms with Gasteiger partial charge in [0.05, 0.1) is 6.04 Å². The van der Waals surface area contributed by atoms with Gasteiger partial charge in [0.2, 0.25) is 0 Å². The van der Waals surface area contributed by atoms with Crippen molar-refractivity contribution in [2.45, 2.75) is 38.6 Å². The summed E-state index contributed by atoms with van der Waals surface area (Å²) >= 11 is 3.34. The number of halogens is 1. The second-order valence-electron chi connectivity index (χ2n) is 5.07. The molecule has 18 heavy (non-hydrogen) atoms. The van der Waals surface area contributed by atoms with Gasteiger partial charge < -0.3 is 14.6 Å². The van der Waals surface area contributed by atoms with Gasteiger partial charge in [0.1, 0.15) is 5.76 Å². The smallest absolute Gasteiger partial charge is 0.169 e. The molecule has 1 atom stereocenters. The second-order valence-corrected chi connectivity index (χ2v) is 5.86. The highest BCUT2D eigenvalue weighted by Gasteiger charge is 2.11. The largest absolute Gasteiger partial charge is 0.453 e. The predicted molar refractivity (Wildman–Crippen MR) is 77.7 cm³/mol. The molecule has 0 aromatic carbocycles. The molecule has 1 saturated heterocycles. The van der Waals surface area contributed by atoms with Crippen LogP contribution in [0.25, 0.3) is 0 Å². The highest BCUT2D eigenvalue weighted by atomic mass is 79.9. The summed E-state index contributed by atoms with van der Waals surface area (Å²) in [5.41, 5.74) is 0. The number of hydrogen-bond donors (Lipinski definition) is 1. The fraction of sp³-hybridized carbons (Fsp3) is 0.714. The van der Waals surface area contributed by atoms with Crippen molar-refractivity contribution in [3.05, 3.63) is 22.6 Å². The lowest BCUT2D eigenvalue weighted by molar-refractivity contribution is 0.277. The van der Waals surface area contributed by atoms with Crippen molar-refractivity contribution < 1.29 is 4.42 Å². The molecule has 1 unspecified atom stereocenters. The maximum atomic E-state index is 5.55. The van der Waals surface area contributed by atoms with Crippen LogP contribution in [-0.2, 0) is 0 Å². The molecule has 1 aliphatic rings. The second kappa shape index (κ2) is 7.31. The Morgan fingerprint density at radius 2 is 2.00 bits per heavy atom. The summed E-state index contributed by atoms with van der Waals surface area (Å²) in [4.78, 5) is 2.57. The minimum atomic E-state index is 0.281. The average molecular weight is 315 g/mol. The van der Waals surface area contributed by atoms with E-state index in [1.807, 2.05) is 12.1 Å². The highest BCUT2D eigenvalue weighted by molar-refractivity contribution is 9.10. The molecule has 102 valence electrons. The monoisotopic (exact) mass is 314 g/mol. The van der Waals surface area contributed by atoms with Gasteiger partial charge in [-0.25, -0.2) is 0 Å². The maximum absolute atomic E-state index is 5.55. The Balaban J connectivity index is 1.68. The third-order valence-corrected chi connectivity index (χ3v) is 4.02. The molecule has 1 aromatic rings. The number of nitrogens with one attached hydrogen (secondary N) is 1. The topological polar surface area (TPSA) is 28.4 Å². The van der Waals surface area contributed by atoms with E-state index in [1.54, 1.807) is 0 Å². The third kappa shape index (κ3) is 4.41. The van der Waals surface area contributed by atoms with Crippen molar-refractivity contribution in [2.24, 2.45) is 0 Å². The minimum absolute atomic E-state index is 0.281. The van der Waals surface area contributed by atoms with Gasteiger partial charge in [-0.2, -0.15) is 0 Å². The third-order valence-electron chi connectivity index (χ3n) is 3.60. The lowest BCUT2D eigenvalue weighted by atomic mass is 10.2. The molecule has 0 spiro atoms. The number of hydrogen-bond acceptors (Lipinski definition) is 3. The molecular formula is C14H23BrN2O. The molecule has 2 rings (SSSR count). The Morgan fingerprint density at radius 3 is 2.61 bits per heavy atom. The molecule has 1 aromatic heterocycles. The van der Waals surface area contributed by atoms with Crippen molar-refractivity contribution in [2.75, 3.05) is 26.2 Å². The van der Waals surface area contributed by atoms with Crippen molar-refractivity contribution >= 4 is 15.9 Å². The fourth-order valence-electron chi connectivity index (χ4n) is 2.46. The van der Waals surface area contributed by atoms with Crippen LogP contribution in [0.1, 0.15) is 44.4 Å². The quantitative estimate of drug-likeness (QED) is 0.900. The number of nitrogens with zero attached hydrogens (tertiary/aromatic N) is 1. The molecule has 1 N–H and O–H groups in total. The number of furan rings is 1. The zero-order valence-corrected chi connectivity index (χ0v) is 12.7. The van der Waals surface area contributed by atoms with Crippen LogP contribution < -0.4 is 5.32 Å². The van der Waals surface area contributed by atoms with Crippen molar-refractivity contribution in [3.8, 4) is 0 Å². The van der Waals surface area contributed by atoms with Crippen LogP contribution in [0.4, 0.5) is 0 Å². The van der Waals surface area contributed by atoms with Crippen LogP contribution in [0.3, 0.4) is 0 Å². The molecule has 0 aliphatic carbocycles. The first-order valence-corrected chi connectivity index (χ1v) is 7.76. The van der Waals surface area contributed by atoms with Gasteiger partial charge in [0.25, 0.3) is 0 Å². The van der Waals surface area contributed by atoms with Gasteiger partial charge >= 0.3 is 0 Å². The molecule has 0 bridgehead atoms. The van der Waals surface area contributed by atoms with Gasteiger partial charge in [-0.3, -0.25) is 0 Å². The van der Waals surface area contributed by atoms with Crippen LogP contribution in [0.15, 0.2) is 21.2 Å². The van der Waals surface area contributed by atoms with E-state index in [0.29, 0.717) is 0 Å². The molecule has 0 amide bonds. The number of likely N-dealkylation sites (tertiary alicyclic amines) is 1. The standard InChI is InChI=1S/C14H23BrN2O/c1-12(13-6-7-14(15)18-13)16-8-11-17-9-4-2-3-5-10-17/h6-7,12,16H,2-5,8-11H2,1H3. The Hall–Kier alpha value is -0.320. The molecule has 2 heterocycles. The average Bonchev–Trinajstić information content (AvgIpc) is 2.63. The summed E-state index contributed by atoms with van der Waals surface area (Å²) in [5.74, 6) is 0.998. The predicted octanol–water partition coefficient (Wildman–Crippen LogP) is 3.57. The van der Waals surface area contributed by atoms with E-state index in [4.69, 9.17) is 4.42 Å². The Morgan fingerprint density at radius 1 is 1.28 bits per heavy atom. The van der Waals surface area contributed by atoms with E-state index in [0.717, 1.165) is 23.5 Å². The van der Waals surface area contributed by atoms with E-state index < -0.39 is 0 Å². The zero-order chi connectivity index (χ0) is 12.8. The van der Waals surface area contributed by atoms with Gasteiger partial charge in [0, 0.05) is 13.1 Å². The number of rotatable bonds is 5. The van der Waals surface area contributed by atoms with E-state index in [9.17, 15) is 0 Å². The van der Waals surface area contributed by atoms with E-state index in [1.165, 1.54) is 38.8 Å². The van der Waals surface area contributed by atoms with E-state index in [-0.39, 0.29) is 6.04 Å². The Kier molecular flexibility index (Phi) is 5.73. The van der Waals surface area contributed by atoms with Crippen molar-refractivity contribution in [1.82, 2.24) is 10.2 Å². The Bertz CT molecular complexity index is 345. The minimum Gasteiger partial charge on any atom is -0.453 e.